The van der Waals surface area contributed by atoms with Crippen LogP contribution in [0.5, 0.6) is 0 Å². The zero-order valence-corrected chi connectivity index (χ0v) is 20.9. The summed E-state index contributed by atoms with van der Waals surface area (Å²) in [5, 5.41) is 6.59. The van der Waals surface area contributed by atoms with Crippen molar-refractivity contribution >= 4 is 33.0 Å². The highest BCUT2D eigenvalue weighted by atomic mass is 32.2. The molecular weight excluding hydrogens is 464 g/mol. The highest BCUT2D eigenvalue weighted by Gasteiger charge is 2.32. The molecular formula is C26H30N4O2S2. The van der Waals surface area contributed by atoms with Crippen LogP contribution in [0, 0.1) is 0 Å². The summed E-state index contributed by atoms with van der Waals surface area (Å²) in [6.07, 6.45) is 0. The lowest BCUT2D eigenvalue weighted by Gasteiger charge is -2.39. The van der Waals surface area contributed by atoms with Crippen molar-refractivity contribution in [1.82, 2.24) is 14.5 Å². The Morgan fingerprint density at radius 1 is 0.853 bits per heavy atom. The number of rotatable bonds is 7. The number of benzene rings is 3. The summed E-state index contributed by atoms with van der Waals surface area (Å²) in [4.78, 5) is 2.66. The Labute approximate surface area is 207 Å². The number of thiocarbonyl (C=S) groups is 1. The molecule has 0 saturated carbocycles. The Kier molecular flexibility index (Phi) is 7.95. The van der Waals surface area contributed by atoms with Crippen molar-refractivity contribution in [3.63, 3.8) is 0 Å². The number of piperazine rings is 1. The van der Waals surface area contributed by atoms with Crippen LogP contribution in [0.25, 0.3) is 0 Å². The van der Waals surface area contributed by atoms with Gasteiger partial charge in [-0.05, 0) is 54.5 Å². The molecule has 0 aliphatic carbocycles. The summed E-state index contributed by atoms with van der Waals surface area (Å²) in [6.45, 7) is 4.89. The van der Waals surface area contributed by atoms with Gasteiger partial charge in [0.15, 0.2) is 5.11 Å². The van der Waals surface area contributed by atoms with E-state index in [0.717, 1.165) is 12.2 Å². The molecule has 0 bridgehead atoms. The lowest BCUT2D eigenvalue weighted by molar-refractivity contribution is 0.156. The predicted octanol–water partition coefficient (Wildman–Crippen LogP) is 4.09. The number of hydrogen-bond acceptors (Lipinski definition) is 4. The van der Waals surface area contributed by atoms with E-state index < -0.39 is 10.0 Å². The van der Waals surface area contributed by atoms with Crippen LogP contribution in [0.3, 0.4) is 0 Å². The average molecular weight is 495 g/mol. The van der Waals surface area contributed by atoms with E-state index in [1.807, 2.05) is 19.1 Å². The summed E-state index contributed by atoms with van der Waals surface area (Å²) in [7, 11) is -3.57. The maximum Gasteiger partial charge on any atom is 0.243 e. The van der Waals surface area contributed by atoms with E-state index in [1.54, 1.807) is 28.6 Å². The van der Waals surface area contributed by atoms with Gasteiger partial charge in [0.25, 0.3) is 0 Å². The van der Waals surface area contributed by atoms with Crippen LogP contribution in [0.15, 0.2) is 89.8 Å². The number of nitrogens with one attached hydrogen (secondary N) is 2. The molecule has 0 spiro atoms. The number of nitrogens with zero attached hydrogens (tertiary/aromatic N) is 2. The van der Waals surface area contributed by atoms with Gasteiger partial charge >= 0.3 is 0 Å². The monoisotopic (exact) mass is 494 g/mol. The first kappa shape index (κ1) is 24.3. The lowest BCUT2D eigenvalue weighted by Crippen LogP contribution is -2.49. The zero-order chi connectivity index (χ0) is 24.0. The summed E-state index contributed by atoms with van der Waals surface area (Å²) >= 11 is 5.19. The van der Waals surface area contributed by atoms with Crippen molar-refractivity contribution in [2.24, 2.45) is 0 Å². The zero-order valence-electron chi connectivity index (χ0n) is 19.2. The van der Waals surface area contributed by atoms with Gasteiger partial charge < -0.3 is 10.6 Å². The Balaban J connectivity index is 1.46. The van der Waals surface area contributed by atoms with Gasteiger partial charge in [-0.1, -0.05) is 60.7 Å². The van der Waals surface area contributed by atoms with Gasteiger partial charge in [-0.15, -0.1) is 0 Å². The average Bonchev–Trinajstić information content (AvgIpc) is 2.86. The number of anilines is 1. The molecule has 1 fully saturated rings. The summed E-state index contributed by atoms with van der Waals surface area (Å²) in [5.41, 5.74) is 3.18. The highest BCUT2D eigenvalue weighted by Crippen LogP contribution is 2.30. The second-order valence-corrected chi connectivity index (χ2v) is 10.5. The first-order valence-corrected chi connectivity index (χ1v) is 13.3. The van der Waals surface area contributed by atoms with Crippen molar-refractivity contribution in [1.29, 1.82) is 0 Å². The van der Waals surface area contributed by atoms with E-state index in [9.17, 15) is 8.42 Å². The van der Waals surface area contributed by atoms with Crippen LogP contribution in [0.1, 0.15) is 24.1 Å². The van der Waals surface area contributed by atoms with Gasteiger partial charge in [0.2, 0.25) is 10.0 Å². The topological polar surface area (TPSA) is 64.7 Å². The number of hydrogen-bond donors (Lipinski definition) is 2. The van der Waals surface area contributed by atoms with E-state index in [4.69, 9.17) is 12.2 Å². The molecule has 0 amide bonds. The van der Waals surface area contributed by atoms with Gasteiger partial charge in [-0.25, -0.2) is 8.42 Å². The van der Waals surface area contributed by atoms with Crippen molar-refractivity contribution in [2.75, 3.05) is 38.0 Å². The SMILES string of the molecule is CCNC(=S)Nc1ccc(S(=O)(=O)N2CCN(C(c3ccccc3)c3ccccc3)CC2)cc1. The third kappa shape index (κ3) is 5.64. The minimum Gasteiger partial charge on any atom is -0.363 e. The van der Waals surface area contributed by atoms with Gasteiger partial charge in [-0.2, -0.15) is 4.31 Å². The molecule has 1 aliphatic heterocycles. The van der Waals surface area contributed by atoms with Gasteiger partial charge in [0, 0.05) is 38.4 Å². The largest absolute Gasteiger partial charge is 0.363 e. The molecule has 1 saturated heterocycles. The van der Waals surface area contributed by atoms with E-state index in [1.165, 1.54) is 11.1 Å². The summed E-state index contributed by atoms with van der Waals surface area (Å²) in [5.74, 6) is 0. The molecule has 0 radical (unpaired) electrons. The Morgan fingerprint density at radius 2 is 1.38 bits per heavy atom. The van der Waals surface area contributed by atoms with Crippen molar-refractivity contribution < 1.29 is 8.42 Å². The third-order valence-electron chi connectivity index (χ3n) is 5.96. The molecule has 6 nitrogen and oxygen atoms in total. The predicted molar refractivity (Wildman–Crippen MR) is 141 cm³/mol. The molecule has 1 heterocycles. The molecule has 0 unspecified atom stereocenters. The summed E-state index contributed by atoms with van der Waals surface area (Å²) < 4.78 is 28.2. The molecule has 0 aromatic heterocycles. The maximum absolute atomic E-state index is 13.3. The van der Waals surface area contributed by atoms with Crippen molar-refractivity contribution in [3.05, 3.63) is 96.1 Å². The smallest absolute Gasteiger partial charge is 0.243 e. The second-order valence-electron chi connectivity index (χ2n) is 8.17. The standard InChI is InChI=1S/C26H30N4O2S2/c1-2-27-26(33)28-23-13-15-24(16-14-23)34(31,32)30-19-17-29(18-20-30)25(21-9-5-3-6-10-21)22-11-7-4-8-12-22/h3-16,25H,2,17-20H2,1H3,(H2,27,28,33). The van der Waals surface area contributed by atoms with Crippen LogP contribution in [0.4, 0.5) is 5.69 Å². The third-order valence-corrected chi connectivity index (χ3v) is 8.12. The minimum absolute atomic E-state index is 0.0955. The quantitative estimate of drug-likeness (QED) is 0.483. The van der Waals surface area contributed by atoms with Crippen LogP contribution >= 0.6 is 12.2 Å². The van der Waals surface area contributed by atoms with E-state index in [2.05, 4.69) is 64.1 Å². The molecule has 3 aromatic carbocycles. The van der Waals surface area contributed by atoms with Crippen LogP contribution in [-0.2, 0) is 10.0 Å². The molecule has 0 atom stereocenters. The van der Waals surface area contributed by atoms with Gasteiger partial charge in [0.1, 0.15) is 0 Å². The first-order valence-electron chi connectivity index (χ1n) is 11.5. The molecule has 8 heteroatoms. The molecule has 3 aromatic rings. The van der Waals surface area contributed by atoms with Gasteiger partial charge in [0.05, 0.1) is 10.9 Å². The van der Waals surface area contributed by atoms with Crippen LogP contribution in [-0.4, -0.2) is 55.5 Å². The molecule has 178 valence electrons. The van der Waals surface area contributed by atoms with Crippen molar-refractivity contribution in [3.8, 4) is 0 Å². The molecule has 4 rings (SSSR count). The number of sulfonamides is 1. The highest BCUT2D eigenvalue weighted by molar-refractivity contribution is 7.89. The van der Waals surface area contributed by atoms with E-state index in [0.29, 0.717) is 36.2 Å². The fourth-order valence-corrected chi connectivity index (χ4v) is 5.97. The fourth-order valence-electron chi connectivity index (χ4n) is 4.28. The Bertz CT molecular complexity index is 1140. The van der Waals surface area contributed by atoms with Crippen LogP contribution in [0.2, 0.25) is 0 Å². The first-order chi connectivity index (χ1) is 16.5. The Morgan fingerprint density at radius 3 is 1.88 bits per heavy atom. The Hall–Kier alpha value is -2.78. The van der Waals surface area contributed by atoms with Crippen molar-refractivity contribution in [2.45, 2.75) is 17.9 Å². The molecule has 2 N–H and O–H groups in total. The molecule has 1 aliphatic rings. The van der Waals surface area contributed by atoms with Gasteiger partial charge in [-0.3, -0.25) is 4.90 Å². The minimum atomic E-state index is -3.57. The second kappa shape index (κ2) is 11.1. The van der Waals surface area contributed by atoms with E-state index >= 15 is 0 Å². The maximum atomic E-state index is 13.3. The normalized spacial score (nSPS) is 15.2. The lowest BCUT2D eigenvalue weighted by atomic mass is 9.96. The van der Waals surface area contributed by atoms with E-state index in [-0.39, 0.29) is 6.04 Å². The molecule has 34 heavy (non-hydrogen) atoms. The van der Waals surface area contributed by atoms with Crippen LogP contribution < -0.4 is 10.6 Å². The summed E-state index contributed by atoms with van der Waals surface area (Å²) in [6, 6.07) is 27.6. The fraction of sp³-hybridized carbons (Fsp3) is 0.269.